The summed E-state index contributed by atoms with van der Waals surface area (Å²) in [5.41, 5.74) is 0.649. The highest BCUT2D eigenvalue weighted by Gasteiger charge is 2.36. The van der Waals surface area contributed by atoms with Gasteiger partial charge in [0, 0.05) is 17.8 Å². The Kier molecular flexibility index (Phi) is 5.28. The number of aliphatic hydroxyl groups excluding tert-OH is 1. The summed E-state index contributed by atoms with van der Waals surface area (Å²) in [6, 6.07) is 0.820. The van der Waals surface area contributed by atoms with Crippen LogP contribution in [0.1, 0.15) is 64.2 Å². The van der Waals surface area contributed by atoms with Crippen LogP contribution < -0.4 is 0 Å². The third-order valence-corrected chi connectivity index (χ3v) is 6.17. The zero-order chi connectivity index (χ0) is 14.7. The van der Waals surface area contributed by atoms with E-state index in [2.05, 4.69) is 4.90 Å². The van der Waals surface area contributed by atoms with Crippen molar-refractivity contribution in [3.05, 3.63) is 11.0 Å². The minimum atomic E-state index is -0.558. The summed E-state index contributed by atoms with van der Waals surface area (Å²) in [5, 5.41) is 12.0. The Morgan fingerprint density at radius 3 is 1.95 bits per heavy atom. The van der Waals surface area contributed by atoms with Gasteiger partial charge in [0.2, 0.25) is 0 Å². The predicted octanol–water partition coefficient (Wildman–Crippen LogP) is 3.47. The molecule has 2 aliphatic carbocycles. The van der Waals surface area contributed by atoms with Crippen molar-refractivity contribution in [3.8, 4) is 0 Å². The summed E-state index contributed by atoms with van der Waals surface area (Å²) < 4.78 is 0. The molecule has 0 aromatic carbocycles. The van der Waals surface area contributed by atoms with Crippen molar-refractivity contribution in [1.82, 2.24) is 4.90 Å². The van der Waals surface area contributed by atoms with E-state index < -0.39 is 6.10 Å². The van der Waals surface area contributed by atoms with Gasteiger partial charge in [-0.25, -0.2) is 0 Å². The molecule has 1 N–H and O–H groups in total. The Morgan fingerprint density at radius 1 is 1.00 bits per heavy atom. The van der Waals surface area contributed by atoms with Crippen LogP contribution in [0.4, 0.5) is 0 Å². The molecule has 3 nitrogen and oxygen atoms in total. The summed E-state index contributed by atoms with van der Waals surface area (Å²) in [5.74, 6) is 0.774. The number of nitrogens with zero attached hydrogens (tertiary/aromatic N) is 1. The number of carbonyl (C=O) groups excluding carboxylic acids is 1. The van der Waals surface area contributed by atoms with Gasteiger partial charge in [-0.3, -0.25) is 4.79 Å². The highest BCUT2D eigenvalue weighted by molar-refractivity contribution is 8.02. The molecule has 1 aliphatic heterocycles. The molecular weight excluding hydrogens is 282 g/mol. The fourth-order valence-corrected chi connectivity index (χ4v) is 4.98. The van der Waals surface area contributed by atoms with Crippen LogP contribution >= 0.6 is 11.8 Å². The van der Waals surface area contributed by atoms with Crippen molar-refractivity contribution in [2.75, 3.05) is 5.75 Å². The zero-order valence-corrected chi connectivity index (χ0v) is 13.6. The third-order valence-electron chi connectivity index (χ3n) is 5.24. The first-order valence-corrected chi connectivity index (χ1v) is 9.64. The summed E-state index contributed by atoms with van der Waals surface area (Å²) in [6.07, 6.45) is 11.7. The van der Waals surface area contributed by atoms with Crippen molar-refractivity contribution >= 4 is 17.7 Å². The molecule has 21 heavy (non-hydrogen) atoms. The molecule has 118 valence electrons. The Balaban J connectivity index is 1.78. The van der Waals surface area contributed by atoms with Gasteiger partial charge < -0.3 is 10.0 Å². The SMILES string of the molecule is O=C(C1=CSCC1O)N(C1CCCCC1)C1CCCCC1. The molecule has 0 aromatic heterocycles. The van der Waals surface area contributed by atoms with Crippen LogP contribution in [-0.2, 0) is 4.79 Å². The highest BCUT2D eigenvalue weighted by atomic mass is 32.2. The molecule has 0 bridgehead atoms. The Hall–Kier alpha value is -0.480. The van der Waals surface area contributed by atoms with Gasteiger partial charge in [0.1, 0.15) is 0 Å². The second kappa shape index (κ2) is 7.19. The first kappa shape index (κ1) is 15.4. The van der Waals surface area contributed by atoms with Crippen LogP contribution in [0.3, 0.4) is 0 Å². The van der Waals surface area contributed by atoms with Gasteiger partial charge in [-0.2, -0.15) is 0 Å². The maximum atomic E-state index is 13.0. The normalized spacial score (nSPS) is 28.4. The average molecular weight is 309 g/mol. The molecular formula is C17H27NO2S. The monoisotopic (exact) mass is 309 g/mol. The molecule has 3 rings (SSSR count). The minimum Gasteiger partial charge on any atom is -0.387 e. The summed E-state index contributed by atoms with van der Waals surface area (Å²) >= 11 is 1.57. The van der Waals surface area contributed by atoms with E-state index >= 15 is 0 Å². The predicted molar refractivity (Wildman–Crippen MR) is 87.1 cm³/mol. The lowest BCUT2D eigenvalue weighted by molar-refractivity contribution is -0.134. The maximum Gasteiger partial charge on any atom is 0.253 e. The van der Waals surface area contributed by atoms with Crippen LogP contribution in [0.5, 0.6) is 0 Å². The van der Waals surface area contributed by atoms with E-state index in [9.17, 15) is 9.90 Å². The van der Waals surface area contributed by atoms with Crippen molar-refractivity contribution in [2.45, 2.75) is 82.4 Å². The van der Waals surface area contributed by atoms with Crippen molar-refractivity contribution in [1.29, 1.82) is 0 Å². The van der Waals surface area contributed by atoms with E-state index in [-0.39, 0.29) is 5.91 Å². The lowest BCUT2D eigenvalue weighted by Crippen LogP contribution is -2.50. The standard InChI is InChI=1S/C17H27NO2S/c19-16-12-21-11-15(16)17(20)18(13-7-3-1-4-8-13)14-9-5-2-6-10-14/h11,13-14,16,19H,1-10,12H2. The average Bonchev–Trinajstić information content (AvgIpc) is 2.96. The smallest absolute Gasteiger partial charge is 0.253 e. The molecule has 0 aromatic rings. The van der Waals surface area contributed by atoms with Crippen molar-refractivity contribution < 1.29 is 9.90 Å². The van der Waals surface area contributed by atoms with Crippen molar-refractivity contribution in [3.63, 3.8) is 0 Å². The summed E-state index contributed by atoms with van der Waals surface area (Å²) in [6.45, 7) is 0. The van der Waals surface area contributed by atoms with Gasteiger partial charge in [0.05, 0.1) is 11.7 Å². The van der Waals surface area contributed by atoms with Gasteiger partial charge in [0.15, 0.2) is 0 Å². The highest BCUT2D eigenvalue weighted by Crippen LogP contribution is 2.33. The molecule has 4 heteroatoms. The van der Waals surface area contributed by atoms with Crippen LogP contribution in [0.15, 0.2) is 11.0 Å². The summed E-state index contributed by atoms with van der Waals surface area (Å²) in [7, 11) is 0. The summed E-state index contributed by atoms with van der Waals surface area (Å²) in [4.78, 5) is 15.2. The number of rotatable bonds is 3. The first-order chi connectivity index (χ1) is 10.3. The fraction of sp³-hybridized carbons (Fsp3) is 0.824. The molecule has 2 saturated carbocycles. The molecule has 1 heterocycles. The molecule has 1 unspecified atom stereocenters. The Morgan fingerprint density at radius 2 is 1.52 bits per heavy atom. The van der Waals surface area contributed by atoms with Crippen LogP contribution in [0.25, 0.3) is 0 Å². The number of hydrogen-bond acceptors (Lipinski definition) is 3. The fourth-order valence-electron chi connectivity index (χ4n) is 4.09. The van der Waals surface area contributed by atoms with Gasteiger partial charge >= 0.3 is 0 Å². The zero-order valence-electron chi connectivity index (χ0n) is 12.8. The number of aliphatic hydroxyl groups is 1. The number of thioether (sulfide) groups is 1. The van der Waals surface area contributed by atoms with E-state index in [1.165, 1.54) is 38.5 Å². The second-order valence-corrected chi connectivity index (χ2v) is 7.62. The molecule has 1 amide bonds. The molecule has 3 aliphatic rings. The largest absolute Gasteiger partial charge is 0.387 e. The quantitative estimate of drug-likeness (QED) is 0.868. The topological polar surface area (TPSA) is 40.5 Å². The Bertz CT molecular complexity index is 380. The van der Waals surface area contributed by atoms with Gasteiger partial charge in [0.25, 0.3) is 5.91 Å². The van der Waals surface area contributed by atoms with Crippen LogP contribution in [-0.4, -0.2) is 39.9 Å². The first-order valence-electron chi connectivity index (χ1n) is 8.60. The number of carbonyl (C=O) groups is 1. The van der Waals surface area contributed by atoms with E-state index in [0.717, 1.165) is 25.7 Å². The molecule has 1 atom stereocenters. The van der Waals surface area contributed by atoms with Crippen LogP contribution in [0.2, 0.25) is 0 Å². The number of amides is 1. The maximum absolute atomic E-state index is 13.0. The van der Waals surface area contributed by atoms with Gasteiger partial charge in [-0.15, -0.1) is 11.8 Å². The third kappa shape index (κ3) is 3.48. The molecule has 0 radical (unpaired) electrons. The molecule has 0 spiro atoms. The lowest BCUT2D eigenvalue weighted by atomic mass is 9.88. The van der Waals surface area contributed by atoms with E-state index in [4.69, 9.17) is 0 Å². The van der Waals surface area contributed by atoms with E-state index in [1.807, 2.05) is 5.41 Å². The van der Waals surface area contributed by atoms with E-state index in [1.54, 1.807) is 11.8 Å². The number of hydrogen-bond donors (Lipinski definition) is 1. The van der Waals surface area contributed by atoms with Gasteiger partial charge in [-0.1, -0.05) is 38.5 Å². The second-order valence-electron chi connectivity index (χ2n) is 6.72. The molecule has 2 fully saturated rings. The lowest BCUT2D eigenvalue weighted by Gasteiger charge is -2.42. The minimum absolute atomic E-state index is 0.131. The van der Waals surface area contributed by atoms with E-state index in [0.29, 0.717) is 23.4 Å². The molecule has 0 saturated heterocycles. The van der Waals surface area contributed by atoms with Crippen molar-refractivity contribution in [2.24, 2.45) is 0 Å². The Labute approximate surface area is 132 Å². The van der Waals surface area contributed by atoms with Crippen LogP contribution in [0, 0.1) is 0 Å². The van der Waals surface area contributed by atoms with Gasteiger partial charge in [-0.05, 0) is 31.1 Å².